The van der Waals surface area contributed by atoms with E-state index < -0.39 is 0 Å². The lowest BCUT2D eigenvalue weighted by Gasteiger charge is -2.14. The Morgan fingerprint density at radius 1 is 1.53 bits per heavy atom. The normalized spacial score (nSPS) is 12.6. The van der Waals surface area contributed by atoms with Gasteiger partial charge in [0.15, 0.2) is 0 Å². The van der Waals surface area contributed by atoms with Crippen molar-refractivity contribution in [1.82, 2.24) is 5.32 Å². The maximum Gasteiger partial charge on any atom is 0.103 e. The van der Waals surface area contributed by atoms with Gasteiger partial charge in [0.25, 0.3) is 0 Å². The van der Waals surface area contributed by atoms with Gasteiger partial charge in [-0.15, -0.1) is 6.58 Å². The molecule has 0 amide bonds. The van der Waals surface area contributed by atoms with E-state index in [1.54, 1.807) is 6.26 Å². The summed E-state index contributed by atoms with van der Waals surface area (Å²) < 4.78 is 5.31. The van der Waals surface area contributed by atoms with E-state index in [-0.39, 0.29) is 0 Å². The first-order valence-corrected chi connectivity index (χ1v) is 5.67. The Labute approximate surface area is 92.4 Å². The quantitative estimate of drug-likeness (QED) is 0.523. The number of unbranched alkanes of at least 4 members (excludes halogenated alkanes) is 1. The maximum atomic E-state index is 5.31. The predicted molar refractivity (Wildman–Crippen MR) is 63.9 cm³/mol. The summed E-state index contributed by atoms with van der Waals surface area (Å²) >= 11 is 0. The molecule has 1 aromatic heterocycles. The number of allylic oxidation sites excluding steroid dienone is 1. The van der Waals surface area contributed by atoms with Crippen LogP contribution in [0, 0.1) is 0 Å². The third-order valence-corrected chi connectivity index (χ3v) is 2.69. The van der Waals surface area contributed by atoms with E-state index >= 15 is 0 Å². The van der Waals surface area contributed by atoms with Gasteiger partial charge in [-0.05, 0) is 44.9 Å². The summed E-state index contributed by atoms with van der Waals surface area (Å²) in [5.41, 5.74) is 0. The Kier molecular flexibility index (Phi) is 5.86. The maximum absolute atomic E-state index is 5.31. The molecular formula is C13H21NO. The number of hydrogen-bond donors (Lipinski definition) is 1. The second-order valence-corrected chi connectivity index (χ2v) is 3.82. The van der Waals surface area contributed by atoms with Crippen molar-refractivity contribution in [1.29, 1.82) is 0 Å². The molecule has 84 valence electrons. The van der Waals surface area contributed by atoms with Crippen molar-refractivity contribution < 1.29 is 4.42 Å². The topological polar surface area (TPSA) is 25.2 Å². The lowest BCUT2D eigenvalue weighted by atomic mass is 10.0. The van der Waals surface area contributed by atoms with Crippen LogP contribution in [-0.4, -0.2) is 13.1 Å². The average Bonchev–Trinajstić information content (AvgIpc) is 2.76. The molecule has 0 radical (unpaired) electrons. The molecule has 0 fully saturated rings. The zero-order valence-corrected chi connectivity index (χ0v) is 9.54. The number of nitrogens with one attached hydrogen (secondary N) is 1. The van der Waals surface area contributed by atoms with Gasteiger partial charge in [0.2, 0.25) is 0 Å². The number of furan rings is 1. The fourth-order valence-corrected chi connectivity index (χ4v) is 1.71. The lowest BCUT2D eigenvalue weighted by molar-refractivity contribution is 0.440. The Bertz CT molecular complexity index is 254. The third-order valence-electron chi connectivity index (χ3n) is 2.69. The highest BCUT2D eigenvalue weighted by Gasteiger charge is 2.06. The summed E-state index contributed by atoms with van der Waals surface area (Å²) in [5, 5.41) is 3.35. The lowest BCUT2D eigenvalue weighted by Crippen LogP contribution is -2.25. The van der Waals surface area contributed by atoms with Crippen LogP contribution in [0.15, 0.2) is 35.5 Å². The summed E-state index contributed by atoms with van der Waals surface area (Å²) in [4.78, 5) is 0. The molecule has 0 aliphatic carbocycles. The molecule has 0 aliphatic rings. The van der Waals surface area contributed by atoms with Crippen LogP contribution < -0.4 is 5.32 Å². The van der Waals surface area contributed by atoms with Crippen LogP contribution in [0.1, 0.15) is 31.4 Å². The highest BCUT2D eigenvalue weighted by Crippen LogP contribution is 2.10. The Balaban J connectivity index is 2.18. The van der Waals surface area contributed by atoms with Crippen molar-refractivity contribution in [2.75, 3.05) is 7.05 Å². The van der Waals surface area contributed by atoms with Crippen molar-refractivity contribution in [2.45, 2.75) is 38.1 Å². The van der Waals surface area contributed by atoms with E-state index in [4.69, 9.17) is 4.42 Å². The largest absolute Gasteiger partial charge is 0.469 e. The molecule has 1 atom stereocenters. The molecular weight excluding hydrogens is 186 g/mol. The highest BCUT2D eigenvalue weighted by atomic mass is 16.3. The number of aryl methyl sites for hydroxylation is 1. The number of rotatable bonds is 8. The summed E-state index contributed by atoms with van der Waals surface area (Å²) in [6, 6.07) is 4.58. The Hall–Kier alpha value is -1.02. The molecule has 2 nitrogen and oxygen atoms in total. The smallest absolute Gasteiger partial charge is 0.103 e. The monoisotopic (exact) mass is 207 g/mol. The predicted octanol–water partition coefficient (Wildman–Crippen LogP) is 3.16. The van der Waals surface area contributed by atoms with Crippen molar-refractivity contribution in [2.24, 2.45) is 0 Å². The van der Waals surface area contributed by atoms with E-state index in [0.717, 1.165) is 25.0 Å². The standard InChI is InChI=1S/C13H21NO/c1-3-4-5-7-12(14-2)9-10-13-8-6-11-15-13/h3,6,8,11-12,14H,1,4-5,7,9-10H2,2H3. The van der Waals surface area contributed by atoms with Crippen LogP contribution in [0.25, 0.3) is 0 Å². The first-order chi connectivity index (χ1) is 7.36. The molecule has 0 aliphatic heterocycles. The van der Waals surface area contributed by atoms with Gasteiger partial charge >= 0.3 is 0 Å². The van der Waals surface area contributed by atoms with Gasteiger partial charge in [0.1, 0.15) is 5.76 Å². The first-order valence-electron chi connectivity index (χ1n) is 5.67. The van der Waals surface area contributed by atoms with Crippen LogP contribution in [0.5, 0.6) is 0 Å². The van der Waals surface area contributed by atoms with E-state index in [0.29, 0.717) is 6.04 Å². The SMILES string of the molecule is C=CCCCC(CCc1ccco1)NC. The molecule has 1 aromatic rings. The van der Waals surface area contributed by atoms with Gasteiger partial charge in [-0.3, -0.25) is 0 Å². The number of hydrogen-bond acceptors (Lipinski definition) is 2. The highest BCUT2D eigenvalue weighted by molar-refractivity contribution is 4.98. The van der Waals surface area contributed by atoms with E-state index in [9.17, 15) is 0 Å². The van der Waals surface area contributed by atoms with Gasteiger partial charge in [-0.1, -0.05) is 6.08 Å². The van der Waals surface area contributed by atoms with Gasteiger partial charge in [0, 0.05) is 12.5 Å². The van der Waals surface area contributed by atoms with Crippen LogP contribution in [0.4, 0.5) is 0 Å². The molecule has 0 bridgehead atoms. The zero-order valence-electron chi connectivity index (χ0n) is 9.54. The van der Waals surface area contributed by atoms with Gasteiger partial charge in [-0.25, -0.2) is 0 Å². The summed E-state index contributed by atoms with van der Waals surface area (Å²) in [7, 11) is 2.03. The van der Waals surface area contributed by atoms with Crippen molar-refractivity contribution in [3.63, 3.8) is 0 Å². The molecule has 0 spiro atoms. The van der Waals surface area contributed by atoms with E-state index in [1.807, 2.05) is 25.3 Å². The first kappa shape index (κ1) is 12.1. The molecule has 1 rings (SSSR count). The third kappa shape index (κ3) is 4.84. The van der Waals surface area contributed by atoms with E-state index in [2.05, 4.69) is 11.9 Å². The fourth-order valence-electron chi connectivity index (χ4n) is 1.71. The van der Waals surface area contributed by atoms with Crippen LogP contribution in [0.2, 0.25) is 0 Å². The minimum absolute atomic E-state index is 0.593. The molecule has 2 heteroatoms. The summed E-state index contributed by atoms with van der Waals surface area (Å²) in [5.74, 6) is 1.08. The summed E-state index contributed by atoms with van der Waals surface area (Å²) in [6.45, 7) is 3.73. The zero-order chi connectivity index (χ0) is 10.9. The minimum Gasteiger partial charge on any atom is -0.469 e. The second-order valence-electron chi connectivity index (χ2n) is 3.82. The molecule has 1 unspecified atom stereocenters. The molecule has 1 N–H and O–H groups in total. The second kappa shape index (κ2) is 7.30. The van der Waals surface area contributed by atoms with Gasteiger partial charge < -0.3 is 9.73 Å². The molecule has 0 saturated carbocycles. The molecule has 0 aromatic carbocycles. The van der Waals surface area contributed by atoms with Crippen LogP contribution in [-0.2, 0) is 6.42 Å². The Morgan fingerprint density at radius 2 is 2.40 bits per heavy atom. The van der Waals surface area contributed by atoms with Gasteiger partial charge in [0.05, 0.1) is 6.26 Å². The van der Waals surface area contributed by atoms with Crippen molar-refractivity contribution >= 4 is 0 Å². The van der Waals surface area contributed by atoms with Gasteiger partial charge in [-0.2, -0.15) is 0 Å². The Morgan fingerprint density at radius 3 is 3.00 bits per heavy atom. The fraction of sp³-hybridized carbons (Fsp3) is 0.538. The molecule has 1 heterocycles. The van der Waals surface area contributed by atoms with E-state index in [1.165, 1.54) is 12.8 Å². The molecule has 15 heavy (non-hydrogen) atoms. The van der Waals surface area contributed by atoms with Crippen molar-refractivity contribution in [3.8, 4) is 0 Å². The van der Waals surface area contributed by atoms with Crippen LogP contribution >= 0.6 is 0 Å². The van der Waals surface area contributed by atoms with Crippen LogP contribution in [0.3, 0.4) is 0 Å². The molecule has 0 saturated heterocycles. The van der Waals surface area contributed by atoms with Crippen molar-refractivity contribution in [3.05, 3.63) is 36.8 Å². The minimum atomic E-state index is 0.593. The summed E-state index contributed by atoms with van der Waals surface area (Å²) in [6.07, 6.45) is 9.42. The average molecular weight is 207 g/mol.